The van der Waals surface area contributed by atoms with Crippen LogP contribution in [0.3, 0.4) is 0 Å². The first kappa shape index (κ1) is 26.1. The zero-order chi connectivity index (χ0) is 25.4. The van der Waals surface area contributed by atoms with Crippen molar-refractivity contribution in [1.82, 2.24) is 19.9 Å². The molecule has 9 heteroatoms. The van der Waals surface area contributed by atoms with E-state index in [-0.39, 0.29) is 30.6 Å². The molecule has 35 heavy (non-hydrogen) atoms. The fraction of sp³-hybridized carbons (Fsp3) is 0.385. The summed E-state index contributed by atoms with van der Waals surface area (Å²) < 4.78 is 1.86. The summed E-state index contributed by atoms with van der Waals surface area (Å²) in [5, 5.41) is 32.1. The molecule has 0 saturated heterocycles. The SMILES string of the molecule is CC(C)n1c(C(=O)NCc2ccccc2)nc(-c2cccnc2)c1CC[C@@H](O)C[C@@H](O)CC(=O)O. The maximum Gasteiger partial charge on any atom is 0.305 e. The lowest BCUT2D eigenvalue weighted by molar-refractivity contribution is -0.139. The number of amides is 1. The zero-order valence-corrected chi connectivity index (χ0v) is 20.0. The first-order chi connectivity index (χ1) is 16.8. The predicted molar refractivity (Wildman–Crippen MR) is 131 cm³/mol. The molecule has 186 valence electrons. The molecule has 2 heterocycles. The summed E-state index contributed by atoms with van der Waals surface area (Å²) >= 11 is 0. The number of aromatic nitrogens is 3. The van der Waals surface area contributed by atoms with Crippen LogP contribution in [0.2, 0.25) is 0 Å². The summed E-state index contributed by atoms with van der Waals surface area (Å²) in [6.45, 7) is 4.28. The minimum absolute atomic E-state index is 0.0469. The Kier molecular flexibility index (Phi) is 9.11. The minimum atomic E-state index is -1.13. The van der Waals surface area contributed by atoms with E-state index in [9.17, 15) is 19.8 Å². The number of aliphatic hydroxyl groups is 2. The topological polar surface area (TPSA) is 138 Å². The molecule has 1 amide bonds. The number of carbonyl (C=O) groups excluding carboxylic acids is 1. The summed E-state index contributed by atoms with van der Waals surface area (Å²) in [4.78, 5) is 32.9. The Morgan fingerprint density at radius 2 is 1.80 bits per heavy atom. The molecule has 3 aromatic rings. The number of imidazole rings is 1. The van der Waals surface area contributed by atoms with Crippen LogP contribution in [0.4, 0.5) is 0 Å². The third-order valence-corrected chi connectivity index (χ3v) is 5.63. The Labute approximate surface area is 204 Å². The van der Waals surface area contributed by atoms with Gasteiger partial charge in [-0.1, -0.05) is 30.3 Å². The smallest absolute Gasteiger partial charge is 0.305 e. The molecule has 2 atom stereocenters. The van der Waals surface area contributed by atoms with Crippen LogP contribution in [-0.2, 0) is 17.8 Å². The van der Waals surface area contributed by atoms with Gasteiger partial charge in [-0.3, -0.25) is 14.6 Å². The van der Waals surface area contributed by atoms with Gasteiger partial charge >= 0.3 is 5.97 Å². The second-order valence-corrected chi connectivity index (χ2v) is 8.78. The van der Waals surface area contributed by atoms with Crippen LogP contribution in [0, 0.1) is 0 Å². The van der Waals surface area contributed by atoms with Gasteiger partial charge in [0.1, 0.15) is 0 Å². The van der Waals surface area contributed by atoms with E-state index >= 15 is 0 Å². The summed E-state index contributed by atoms with van der Waals surface area (Å²) in [6.07, 6.45) is 1.48. The molecule has 0 spiro atoms. The third kappa shape index (κ3) is 7.21. The molecule has 0 bridgehead atoms. The average Bonchev–Trinajstić information content (AvgIpc) is 3.22. The first-order valence-corrected chi connectivity index (χ1v) is 11.7. The normalized spacial score (nSPS) is 12.9. The van der Waals surface area contributed by atoms with Gasteiger partial charge in [0, 0.05) is 36.2 Å². The molecule has 0 radical (unpaired) electrons. The van der Waals surface area contributed by atoms with E-state index in [1.165, 1.54) is 0 Å². The quantitative estimate of drug-likeness (QED) is 0.313. The second-order valence-electron chi connectivity index (χ2n) is 8.78. The van der Waals surface area contributed by atoms with Crippen molar-refractivity contribution in [3.63, 3.8) is 0 Å². The van der Waals surface area contributed by atoms with Gasteiger partial charge in [-0.25, -0.2) is 4.98 Å². The number of nitrogens with one attached hydrogen (secondary N) is 1. The van der Waals surface area contributed by atoms with E-state index < -0.39 is 24.6 Å². The molecule has 4 N–H and O–H groups in total. The van der Waals surface area contributed by atoms with Crippen LogP contribution in [0.15, 0.2) is 54.9 Å². The number of carboxylic acid groups (broad SMARTS) is 1. The Bertz CT molecular complexity index is 1120. The number of hydrogen-bond donors (Lipinski definition) is 4. The molecular weight excluding hydrogens is 448 g/mol. The molecular formula is C26H32N4O5. The molecule has 0 aliphatic heterocycles. The number of hydrogen-bond acceptors (Lipinski definition) is 6. The van der Waals surface area contributed by atoms with Crippen LogP contribution in [0.1, 0.15) is 61.0 Å². The molecule has 0 aliphatic carbocycles. The van der Waals surface area contributed by atoms with E-state index in [0.717, 1.165) is 16.8 Å². The lowest BCUT2D eigenvalue weighted by atomic mass is 10.0. The van der Waals surface area contributed by atoms with Crippen molar-refractivity contribution in [1.29, 1.82) is 0 Å². The highest BCUT2D eigenvalue weighted by Gasteiger charge is 2.25. The molecule has 0 aliphatic rings. The fourth-order valence-electron chi connectivity index (χ4n) is 4.03. The number of carbonyl (C=O) groups is 2. The molecule has 9 nitrogen and oxygen atoms in total. The molecule has 0 unspecified atom stereocenters. The van der Waals surface area contributed by atoms with Gasteiger partial charge < -0.3 is 25.2 Å². The zero-order valence-electron chi connectivity index (χ0n) is 20.0. The van der Waals surface area contributed by atoms with Crippen LogP contribution in [0.5, 0.6) is 0 Å². The molecule has 1 aromatic carbocycles. The van der Waals surface area contributed by atoms with Crippen molar-refractivity contribution in [3.05, 3.63) is 71.9 Å². The highest BCUT2D eigenvalue weighted by Crippen LogP contribution is 2.28. The number of benzene rings is 1. The highest BCUT2D eigenvalue weighted by molar-refractivity contribution is 5.92. The average molecular weight is 481 g/mol. The van der Waals surface area contributed by atoms with Gasteiger partial charge in [0.05, 0.1) is 24.3 Å². The maximum absolute atomic E-state index is 13.2. The van der Waals surface area contributed by atoms with E-state index in [0.29, 0.717) is 18.7 Å². The fourth-order valence-corrected chi connectivity index (χ4v) is 4.03. The molecule has 3 rings (SSSR count). The van der Waals surface area contributed by atoms with Crippen molar-refractivity contribution in [2.45, 2.75) is 64.3 Å². The summed E-state index contributed by atoms with van der Waals surface area (Å²) in [5.74, 6) is -1.16. The van der Waals surface area contributed by atoms with Crippen LogP contribution < -0.4 is 5.32 Å². The van der Waals surface area contributed by atoms with E-state index in [1.54, 1.807) is 18.5 Å². The second kappa shape index (κ2) is 12.2. The Morgan fingerprint density at radius 1 is 1.06 bits per heavy atom. The lowest BCUT2D eigenvalue weighted by Crippen LogP contribution is -2.27. The number of aliphatic carboxylic acids is 1. The Hall–Kier alpha value is -3.56. The predicted octanol–water partition coefficient (Wildman–Crippen LogP) is 2.98. The Morgan fingerprint density at radius 3 is 2.43 bits per heavy atom. The third-order valence-electron chi connectivity index (χ3n) is 5.63. The van der Waals surface area contributed by atoms with Crippen molar-refractivity contribution in [2.24, 2.45) is 0 Å². The number of pyridine rings is 1. The monoisotopic (exact) mass is 480 g/mol. The molecule has 0 fully saturated rings. The van der Waals surface area contributed by atoms with Gasteiger partial charge in [-0.15, -0.1) is 0 Å². The summed E-state index contributed by atoms with van der Waals surface area (Å²) in [7, 11) is 0. The van der Waals surface area contributed by atoms with Crippen molar-refractivity contribution < 1.29 is 24.9 Å². The van der Waals surface area contributed by atoms with E-state index in [1.807, 2.05) is 54.8 Å². The number of nitrogens with zero attached hydrogens (tertiary/aromatic N) is 3. The van der Waals surface area contributed by atoms with Crippen LogP contribution >= 0.6 is 0 Å². The van der Waals surface area contributed by atoms with Crippen LogP contribution in [-0.4, -0.2) is 53.9 Å². The molecule has 2 aromatic heterocycles. The van der Waals surface area contributed by atoms with Gasteiger partial charge in [0.15, 0.2) is 5.82 Å². The van der Waals surface area contributed by atoms with Gasteiger partial charge in [-0.05, 0) is 50.8 Å². The van der Waals surface area contributed by atoms with E-state index in [2.05, 4.69) is 10.3 Å². The minimum Gasteiger partial charge on any atom is -0.481 e. The standard InChI is InChI=1S/C26H32N4O5/c1-17(2)30-22(11-10-20(31)13-21(32)14-23(33)34)24(19-9-6-12-27-16-19)29-25(30)26(35)28-15-18-7-4-3-5-8-18/h3-9,12,16-17,20-21,31-32H,10-11,13-15H2,1-2H3,(H,28,35)(H,33,34)/t20-,21-/m1/s1. The first-order valence-electron chi connectivity index (χ1n) is 11.7. The number of carboxylic acids is 1. The van der Waals surface area contributed by atoms with Crippen molar-refractivity contribution >= 4 is 11.9 Å². The van der Waals surface area contributed by atoms with Crippen molar-refractivity contribution in [2.75, 3.05) is 0 Å². The number of aliphatic hydroxyl groups excluding tert-OH is 2. The van der Waals surface area contributed by atoms with Gasteiger partial charge in [0.25, 0.3) is 5.91 Å². The van der Waals surface area contributed by atoms with Crippen LogP contribution in [0.25, 0.3) is 11.3 Å². The highest BCUT2D eigenvalue weighted by atomic mass is 16.4. The summed E-state index contributed by atoms with van der Waals surface area (Å²) in [5.41, 5.74) is 3.10. The maximum atomic E-state index is 13.2. The lowest BCUT2D eigenvalue weighted by Gasteiger charge is -2.18. The number of rotatable bonds is 12. The summed E-state index contributed by atoms with van der Waals surface area (Å²) in [6, 6.07) is 13.2. The molecule has 0 saturated carbocycles. The van der Waals surface area contributed by atoms with E-state index in [4.69, 9.17) is 10.1 Å². The van der Waals surface area contributed by atoms with Gasteiger partial charge in [0.2, 0.25) is 0 Å². The van der Waals surface area contributed by atoms with Crippen molar-refractivity contribution in [3.8, 4) is 11.3 Å². The largest absolute Gasteiger partial charge is 0.481 e. The van der Waals surface area contributed by atoms with Gasteiger partial charge in [-0.2, -0.15) is 0 Å². The Balaban J connectivity index is 1.87.